The third-order valence-electron chi connectivity index (χ3n) is 5.53. The maximum absolute atomic E-state index is 13.5. The first kappa shape index (κ1) is 21.2. The third kappa shape index (κ3) is 3.62. The molecule has 0 aliphatic carbocycles. The Hall–Kier alpha value is -3.09. The first-order valence-electron chi connectivity index (χ1n) is 9.68. The molecule has 158 valence electrons. The maximum atomic E-state index is 13.5. The van der Waals surface area contributed by atoms with Crippen molar-refractivity contribution in [1.29, 1.82) is 0 Å². The second kappa shape index (κ2) is 7.87. The molecule has 1 amide bonds. The Balaban J connectivity index is 2.00. The van der Waals surface area contributed by atoms with Crippen molar-refractivity contribution < 1.29 is 13.2 Å². The molecule has 5 nitrogen and oxygen atoms in total. The maximum Gasteiger partial charge on any atom is 0.270 e. The summed E-state index contributed by atoms with van der Waals surface area (Å²) in [5, 5.41) is 3.26. The molecule has 0 unspecified atom stereocenters. The zero-order valence-corrected chi connectivity index (χ0v) is 18.9. The summed E-state index contributed by atoms with van der Waals surface area (Å²) in [6.45, 7) is 3.82. The van der Waals surface area contributed by atoms with Crippen molar-refractivity contribution in [1.82, 2.24) is 0 Å². The molecule has 0 saturated carbocycles. The van der Waals surface area contributed by atoms with Gasteiger partial charge in [0.1, 0.15) is 0 Å². The van der Waals surface area contributed by atoms with E-state index >= 15 is 0 Å². The number of rotatable bonds is 3. The van der Waals surface area contributed by atoms with Gasteiger partial charge in [0, 0.05) is 28.9 Å². The van der Waals surface area contributed by atoms with Crippen LogP contribution in [0.4, 0.5) is 11.4 Å². The number of aryl methyl sites for hydroxylation is 1. The van der Waals surface area contributed by atoms with E-state index in [1.807, 2.05) is 32.0 Å². The van der Waals surface area contributed by atoms with Gasteiger partial charge >= 0.3 is 0 Å². The number of amides is 1. The Labute approximate surface area is 187 Å². The van der Waals surface area contributed by atoms with Crippen LogP contribution in [0.2, 0.25) is 5.02 Å². The van der Waals surface area contributed by atoms with Gasteiger partial charge in [0.05, 0.1) is 5.69 Å². The smallest absolute Gasteiger partial charge is 0.270 e. The van der Waals surface area contributed by atoms with Gasteiger partial charge in [0.2, 0.25) is 0 Å². The van der Waals surface area contributed by atoms with Crippen LogP contribution in [0.3, 0.4) is 0 Å². The van der Waals surface area contributed by atoms with Gasteiger partial charge in [0.25, 0.3) is 15.9 Å². The summed E-state index contributed by atoms with van der Waals surface area (Å²) in [6.07, 6.45) is 0. The minimum atomic E-state index is -4.11. The van der Waals surface area contributed by atoms with Crippen LogP contribution < -0.4 is 9.62 Å². The molecular formula is C24H21ClN2O3S. The fourth-order valence-electron chi connectivity index (χ4n) is 3.69. The van der Waals surface area contributed by atoms with Gasteiger partial charge in [0.15, 0.2) is 4.91 Å². The van der Waals surface area contributed by atoms with Gasteiger partial charge in [-0.25, -0.2) is 8.42 Å². The molecule has 0 fully saturated rings. The molecule has 1 aliphatic rings. The third-order valence-corrected chi connectivity index (χ3v) is 7.59. The zero-order chi connectivity index (χ0) is 22.3. The number of nitrogens with zero attached hydrogens (tertiary/aromatic N) is 1. The van der Waals surface area contributed by atoms with E-state index < -0.39 is 15.9 Å². The summed E-state index contributed by atoms with van der Waals surface area (Å²) in [5.74, 6) is -0.690. The molecule has 0 saturated heterocycles. The van der Waals surface area contributed by atoms with Gasteiger partial charge in [-0.2, -0.15) is 0 Å². The Kier molecular flexibility index (Phi) is 5.37. The largest absolute Gasteiger partial charge is 0.321 e. The number of halogens is 1. The lowest BCUT2D eigenvalue weighted by molar-refractivity contribution is -0.112. The molecule has 0 radical (unpaired) electrons. The van der Waals surface area contributed by atoms with Gasteiger partial charge in [-0.1, -0.05) is 54.1 Å². The lowest BCUT2D eigenvalue weighted by Crippen LogP contribution is -2.37. The molecule has 31 heavy (non-hydrogen) atoms. The van der Waals surface area contributed by atoms with Crippen LogP contribution in [-0.4, -0.2) is 21.4 Å². The Morgan fingerprint density at radius 2 is 1.68 bits per heavy atom. The number of hydrogen-bond acceptors (Lipinski definition) is 3. The molecule has 4 rings (SSSR count). The van der Waals surface area contributed by atoms with Crippen molar-refractivity contribution in [3.63, 3.8) is 0 Å². The van der Waals surface area contributed by atoms with E-state index in [9.17, 15) is 13.2 Å². The monoisotopic (exact) mass is 452 g/mol. The number of sulfonamides is 1. The van der Waals surface area contributed by atoms with Gasteiger partial charge in [-0.15, -0.1) is 0 Å². The molecule has 1 aliphatic heterocycles. The zero-order valence-electron chi connectivity index (χ0n) is 17.3. The van der Waals surface area contributed by atoms with Crippen molar-refractivity contribution in [3.05, 3.63) is 98.9 Å². The average molecular weight is 453 g/mol. The highest BCUT2D eigenvalue weighted by Crippen LogP contribution is 2.43. The van der Waals surface area contributed by atoms with E-state index in [4.69, 9.17) is 11.6 Å². The summed E-state index contributed by atoms with van der Waals surface area (Å²) in [4.78, 5) is 13.2. The quantitative estimate of drug-likeness (QED) is 0.598. The van der Waals surface area contributed by atoms with E-state index in [-0.39, 0.29) is 4.91 Å². The highest BCUT2D eigenvalue weighted by molar-refractivity contribution is 7.97. The molecule has 7 heteroatoms. The normalized spacial score (nSPS) is 14.9. The second-order valence-corrected chi connectivity index (χ2v) is 9.75. The van der Waals surface area contributed by atoms with Crippen LogP contribution in [0.25, 0.3) is 5.57 Å². The fourth-order valence-corrected chi connectivity index (χ4v) is 5.32. The van der Waals surface area contributed by atoms with E-state index in [1.165, 1.54) is 7.05 Å². The summed E-state index contributed by atoms with van der Waals surface area (Å²) < 4.78 is 28.1. The highest BCUT2D eigenvalue weighted by Gasteiger charge is 2.39. The lowest BCUT2D eigenvalue weighted by atomic mass is 9.95. The number of nitrogens with one attached hydrogen (secondary N) is 1. The molecule has 0 bridgehead atoms. The molecule has 0 aromatic heterocycles. The number of anilines is 2. The van der Waals surface area contributed by atoms with Crippen LogP contribution in [0.15, 0.2) is 71.6 Å². The molecule has 1 heterocycles. The van der Waals surface area contributed by atoms with Crippen molar-refractivity contribution in [3.8, 4) is 0 Å². The molecule has 0 atom stereocenters. The highest BCUT2D eigenvalue weighted by atomic mass is 35.5. The number of hydrogen-bond donors (Lipinski definition) is 1. The van der Waals surface area contributed by atoms with E-state index in [2.05, 4.69) is 5.32 Å². The van der Waals surface area contributed by atoms with Crippen LogP contribution in [0.1, 0.15) is 22.3 Å². The summed E-state index contributed by atoms with van der Waals surface area (Å²) in [5.41, 5.74) is 4.44. The summed E-state index contributed by atoms with van der Waals surface area (Å²) >= 11 is 6.25. The number of carbonyl (C=O) groups is 1. The van der Waals surface area contributed by atoms with Crippen LogP contribution >= 0.6 is 11.6 Å². The SMILES string of the molecule is Cc1cccc(NC(=O)C2=C(c3ccccc3)c3cc(Cl)ccc3N(C)S2(=O)=O)c1C. The molecular weight excluding hydrogens is 432 g/mol. The van der Waals surface area contributed by atoms with E-state index in [0.29, 0.717) is 33.1 Å². The summed E-state index contributed by atoms with van der Waals surface area (Å²) in [6, 6.07) is 19.5. The van der Waals surface area contributed by atoms with Gasteiger partial charge in [-0.3, -0.25) is 9.10 Å². The lowest BCUT2D eigenvalue weighted by Gasteiger charge is -2.31. The topological polar surface area (TPSA) is 66.5 Å². The van der Waals surface area contributed by atoms with Gasteiger partial charge < -0.3 is 5.32 Å². The van der Waals surface area contributed by atoms with E-state index in [0.717, 1.165) is 15.4 Å². The Morgan fingerprint density at radius 1 is 0.968 bits per heavy atom. The van der Waals surface area contributed by atoms with Crippen molar-refractivity contribution in [2.75, 3.05) is 16.7 Å². The van der Waals surface area contributed by atoms with Crippen LogP contribution in [0.5, 0.6) is 0 Å². The first-order valence-corrected chi connectivity index (χ1v) is 11.5. The Bertz CT molecular complexity index is 1330. The molecule has 3 aromatic rings. The van der Waals surface area contributed by atoms with E-state index in [1.54, 1.807) is 48.5 Å². The van der Waals surface area contributed by atoms with Gasteiger partial charge in [-0.05, 0) is 54.8 Å². The predicted octanol–water partition coefficient (Wildman–Crippen LogP) is 5.13. The number of fused-ring (bicyclic) bond motifs is 1. The summed E-state index contributed by atoms with van der Waals surface area (Å²) in [7, 11) is -2.67. The van der Waals surface area contributed by atoms with Crippen molar-refractivity contribution in [2.24, 2.45) is 0 Å². The Morgan fingerprint density at radius 3 is 2.39 bits per heavy atom. The minimum absolute atomic E-state index is 0.308. The fraction of sp³-hybridized carbons (Fsp3) is 0.125. The number of benzene rings is 3. The first-order chi connectivity index (χ1) is 14.7. The average Bonchev–Trinajstić information content (AvgIpc) is 2.74. The standard InChI is InChI=1S/C24H21ClN2O3S/c1-15-8-7-11-20(16(15)2)26-24(28)23-22(17-9-5-4-6-10-17)19-14-18(25)12-13-21(19)27(3)31(23,29)30/h4-14H,1-3H3,(H,26,28). The van der Waals surface area contributed by atoms with Crippen LogP contribution in [-0.2, 0) is 14.8 Å². The minimum Gasteiger partial charge on any atom is -0.321 e. The molecule has 3 aromatic carbocycles. The molecule has 1 N–H and O–H groups in total. The molecule has 0 spiro atoms. The second-order valence-electron chi connectivity index (χ2n) is 7.41. The van der Waals surface area contributed by atoms with Crippen molar-refractivity contribution in [2.45, 2.75) is 13.8 Å². The van der Waals surface area contributed by atoms with Crippen molar-refractivity contribution >= 4 is 44.5 Å². The number of carbonyl (C=O) groups excluding carboxylic acids is 1. The van der Waals surface area contributed by atoms with Crippen LogP contribution in [0, 0.1) is 13.8 Å². The predicted molar refractivity (Wildman–Crippen MR) is 126 cm³/mol.